The van der Waals surface area contributed by atoms with Gasteiger partial charge in [-0.1, -0.05) is 36.4 Å². The van der Waals surface area contributed by atoms with Crippen molar-refractivity contribution in [3.8, 4) is 0 Å². The third kappa shape index (κ3) is 3.91. The molecule has 0 heterocycles. The normalized spacial score (nSPS) is 11.7. The van der Waals surface area contributed by atoms with E-state index in [1.165, 1.54) is 0 Å². The van der Waals surface area contributed by atoms with Gasteiger partial charge in [0.15, 0.2) is 0 Å². The van der Waals surface area contributed by atoms with Crippen LogP contribution in [0.4, 0.5) is 11.4 Å². The van der Waals surface area contributed by atoms with E-state index in [2.05, 4.69) is 10.3 Å². The summed E-state index contributed by atoms with van der Waals surface area (Å²) in [6.07, 6.45) is 3.80. The molecule has 18 heavy (non-hydrogen) atoms. The molecular weight excluding hydrogens is 220 g/mol. The zero-order chi connectivity index (χ0) is 12.6. The molecule has 0 amide bonds. The van der Waals surface area contributed by atoms with Crippen LogP contribution in [0.2, 0.25) is 0 Å². The van der Waals surface area contributed by atoms with Crippen molar-refractivity contribution in [2.45, 2.75) is 6.92 Å². The molecule has 0 spiro atoms. The van der Waals surface area contributed by atoms with E-state index in [4.69, 9.17) is 0 Å². The summed E-state index contributed by atoms with van der Waals surface area (Å²) in [5.41, 5.74) is 3.11. The van der Waals surface area contributed by atoms with Crippen molar-refractivity contribution in [1.29, 1.82) is 0 Å². The highest BCUT2D eigenvalue weighted by atomic mass is 14.8. The maximum Gasteiger partial charge on any atom is 0.0629 e. The van der Waals surface area contributed by atoms with E-state index in [0.717, 1.165) is 16.9 Å². The summed E-state index contributed by atoms with van der Waals surface area (Å²) in [4.78, 5) is 4.39. The van der Waals surface area contributed by atoms with E-state index >= 15 is 0 Å². The van der Waals surface area contributed by atoms with E-state index in [0.29, 0.717) is 0 Å². The number of allylic oxidation sites excluding steroid dienone is 1. The van der Waals surface area contributed by atoms with Crippen LogP contribution >= 0.6 is 0 Å². The van der Waals surface area contributed by atoms with Gasteiger partial charge in [0.25, 0.3) is 0 Å². The lowest BCUT2D eigenvalue weighted by molar-refractivity contribution is 1.48. The van der Waals surface area contributed by atoms with Crippen LogP contribution < -0.4 is 5.32 Å². The first-order chi connectivity index (χ1) is 8.84. The number of benzene rings is 2. The molecule has 0 unspecified atom stereocenters. The van der Waals surface area contributed by atoms with Gasteiger partial charge in [-0.15, -0.1) is 0 Å². The number of nitrogens with one attached hydrogen (secondary N) is 1. The van der Waals surface area contributed by atoms with Crippen molar-refractivity contribution in [1.82, 2.24) is 0 Å². The molecule has 0 aliphatic carbocycles. The summed E-state index contributed by atoms with van der Waals surface area (Å²) in [5, 5.41) is 3.23. The molecule has 0 saturated heterocycles. The molecule has 90 valence electrons. The maximum atomic E-state index is 4.39. The van der Waals surface area contributed by atoms with Crippen LogP contribution in [0.15, 0.2) is 77.4 Å². The third-order valence-corrected chi connectivity index (χ3v) is 2.41. The Kier molecular flexibility index (Phi) is 4.31. The van der Waals surface area contributed by atoms with Gasteiger partial charge in [0.1, 0.15) is 0 Å². The van der Waals surface area contributed by atoms with Gasteiger partial charge in [-0.25, -0.2) is 0 Å². The van der Waals surface area contributed by atoms with Crippen LogP contribution in [-0.2, 0) is 0 Å². The predicted molar refractivity (Wildman–Crippen MR) is 78.4 cm³/mol. The van der Waals surface area contributed by atoms with Gasteiger partial charge in [0.05, 0.1) is 5.69 Å². The minimum Gasteiger partial charge on any atom is -0.361 e. The Labute approximate surface area is 108 Å². The second kappa shape index (κ2) is 6.40. The van der Waals surface area contributed by atoms with Crippen LogP contribution in [0.5, 0.6) is 0 Å². The fourth-order valence-electron chi connectivity index (χ4n) is 1.46. The number of anilines is 1. The quantitative estimate of drug-likeness (QED) is 0.781. The molecule has 0 radical (unpaired) electrons. The lowest BCUT2D eigenvalue weighted by Gasteiger charge is -2.00. The average Bonchev–Trinajstić information content (AvgIpc) is 2.45. The monoisotopic (exact) mass is 236 g/mol. The van der Waals surface area contributed by atoms with Crippen molar-refractivity contribution in [2.24, 2.45) is 4.99 Å². The number of para-hydroxylation sites is 2. The van der Waals surface area contributed by atoms with Crippen LogP contribution in [0.25, 0.3) is 0 Å². The predicted octanol–water partition coefficient (Wildman–Crippen LogP) is 4.40. The highest BCUT2D eigenvalue weighted by Crippen LogP contribution is 2.10. The van der Waals surface area contributed by atoms with Gasteiger partial charge in [-0.05, 0) is 36.8 Å². The van der Waals surface area contributed by atoms with E-state index in [1.54, 1.807) is 0 Å². The Bertz CT molecular complexity index is 528. The molecule has 0 aliphatic rings. The lowest BCUT2D eigenvalue weighted by Crippen LogP contribution is -1.89. The third-order valence-electron chi connectivity index (χ3n) is 2.41. The van der Waals surface area contributed by atoms with E-state index < -0.39 is 0 Å². The number of nitrogens with zero attached hydrogens (tertiary/aromatic N) is 1. The summed E-state index contributed by atoms with van der Waals surface area (Å²) in [7, 11) is 0. The molecule has 0 atom stereocenters. The van der Waals surface area contributed by atoms with Gasteiger partial charge >= 0.3 is 0 Å². The van der Waals surface area contributed by atoms with E-state index in [-0.39, 0.29) is 0 Å². The van der Waals surface area contributed by atoms with Crippen molar-refractivity contribution in [3.05, 3.63) is 72.4 Å². The van der Waals surface area contributed by atoms with Gasteiger partial charge in [-0.2, -0.15) is 0 Å². The zero-order valence-electron chi connectivity index (χ0n) is 10.4. The fourth-order valence-corrected chi connectivity index (χ4v) is 1.46. The first-order valence-electron chi connectivity index (χ1n) is 5.92. The minimum absolute atomic E-state index is 0.963. The van der Waals surface area contributed by atoms with Crippen molar-refractivity contribution in [3.63, 3.8) is 0 Å². The van der Waals surface area contributed by atoms with Crippen molar-refractivity contribution >= 4 is 17.6 Å². The molecule has 0 aromatic heterocycles. The molecule has 2 aromatic rings. The molecule has 2 rings (SSSR count). The number of rotatable bonds is 4. The summed E-state index contributed by atoms with van der Waals surface area (Å²) in [6.45, 7) is 2.02. The highest BCUT2D eigenvalue weighted by molar-refractivity contribution is 5.80. The van der Waals surface area contributed by atoms with Gasteiger partial charge in [-0.3, -0.25) is 4.99 Å². The zero-order valence-corrected chi connectivity index (χ0v) is 10.4. The largest absolute Gasteiger partial charge is 0.361 e. The van der Waals surface area contributed by atoms with Crippen molar-refractivity contribution < 1.29 is 0 Å². The van der Waals surface area contributed by atoms with Gasteiger partial charge < -0.3 is 5.32 Å². The Hall–Kier alpha value is -2.35. The Morgan fingerprint density at radius 3 is 2.22 bits per heavy atom. The summed E-state index contributed by atoms with van der Waals surface area (Å²) in [5.74, 6) is 0. The number of hydrogen-bond acceptors (Lipinski definition) is 2. The molecular formula is C16H16N2. The summed E-state index contributed by atoms with van der Waals surface area (Å²) < 4.78 is 0. The molecule has 0 aliphatic heterocycles. The number of aliphatic imine (C=N–C) groups is 1. The van der Waals surface area contributed by atoms with Crippen molar-refractivity contribution in [2.75, 3.05) is 5.32 Å². The first kappa shape index (κ1) is 12.1. The average molecular weight is 236 g/mol. The van der Waals surface area contributed by atoms with Gasteiger partial charge in [0.2, 0.25) is 0 Å². The van der Waals surface area contributed by atoms with Crippen LogP contribution in [0, 0.1) is 0 Å². The first-order valence-corrected chi connectivity index (χ1v) is 5.92. The smallest absolute Gasteiger partial charge is 0.0629 e. The summed E-state index contributed by atoms with van der Waals surface area (Å²) >= 11 is 0. The van der Waals surface area contributed by atoms with Gasteiger partial charge in [0, 0.05) is 18.1 Å². The minimum atomic E-state index is 0.963. The van der Waals surface area contributed by atoms with E-state index in [9.17, 15) is 0 Å². The Morgan fingerprint density at radius 2 is 1.56 bits per heavy atom. The fraction of sp³-hybridized carbons (Fsp3) is 0.0625. The van der Waals surface area contributed by atoms with E-state index in [1.807, 2.05) is 80.0 Å². The van der Waals surface area contributed by atoms with Crippen LogP contribution in [-0.4, -0.2) is 6.21 Å². The highest BCUT2D eigenvalue weighted by Gasteiger charge is 1.87. The maximum absolute atomic E-state index is 4.39. The topological polar surface area (TPSA) is 24.4 Å². The molecule has 2 nitrogen and oxygen atoms in total. The lowest BCUT2D eigenvalue weighted by atomic mass is 10.3. The molecule has 1 N–H and O–H groups in total. The molecule has 2 aromatic carbocycles. The SMILES string of the molecule is CC(/C=N/c1ccccc1)=C\Nc1ccccc1. The second-order valence-electron chi connectivity index (χ2n) is 3.99. The molecule has 0 fully saturated rings. The molecule has 2 heteroatoms. The molecule has 0 saturated carbocycles. The number of hydrogen-bond donors (Lipinski definition) is 1. The van der Waals surface area contributed by atoms with Crippen LogP contribution in [0.1, 0.15) is 6.92 Å². The Balaban J connectivity index is 1.96. The second-order valence-corrected chi connectivity index (χ2v) is 3.99. The van der Waals surface area contributed by atoms with Crippen LogP contribution in [0.3, 0.4) is 0 Å². The summed E-state index contributed by atoms with van der Waals surface area (Å²) in [6, 6.07) is 20.0. The Morgan fingerprint density at radius 1 is 0.944 bits per heavy atom. The standard InChI is InChI=1S/C16H16N2/c1-14(12-17-15-8-4-2-5-9-15)13-18-16-10-6-3-7-11-16/h2-13,17H,1H3/b14-12+,18-13+. The molecule has 0 bridgehead atoms.